The third kappa shape index (κ3) is 4.26. The lowest BCUT2D eigenvalue weighted by Gasteiger charge is -2.29. The minimum absolute atomic E-state index is 0.104. The molecule has 7 heteroatoms. The summed E-state index contributed by atoms with van der Waals surface area (Å²) in [5.74, 6) is 0.944. The highest BCUT2D eigenvalue weighted by Gasteiger charge is 2.15. The van der Waals surface area contributed by atoms with E-state index in [1.54, 1.807) is 13.0 Å². The highest BCUT2D eigenvalue weighted by Crippen LogP contribution is 2.30. The number of benzene rings is 1. The van der Waals surface area contributed by atoms with Crippen molar-refractivity contribution in [3.63, 3.8) is 0 Å². The number of piperidine rings is 1. The van der Waals surface area contributed by atoms with Gasteiger partial charge in [-0.15, -0.1) is 0 Å². The first-order valence-corrected chi connectivity index (χ1v) is 8.63. The third-order valence-corrected chi connectivity index (χ3v) is 4.37. The Morgan fingerprint density at radius 3 is 2.79 bits per heavy atom. The molecule has 1 amide bonds. The van der Waals surface area contributed by atoms with Crippen LogP contribution >= 0.6 is 11.6 Å². The molecule has 2 aromatic rings. The molecule has 0 spiro atoms. The Morgan fingerprint density at radius 2 is 2.12 bits per heavy atom. The lowest BCUT2D eigenvalue weighted by Crippen LogP contribution is -2.29. The summed E-state index contributed by atoms with van der Waals surface area (Å²) < 4.78 is 5.00. The maximum absolute atomic E-state index is 12.0. The lowest BCUT2D eigenvalue weighted by atomic mass is 10.1. The van der Waals surface area contributed by atoms with E-state index in [0.29, 0.717) is 28.8 Å². The molecule has 1 N–H and O–H groups in total. The summed E-state index contributed by atoms with van der Waals surface area (Å²) in [7, 11) is 0. The molecular weight excluding hydrogens is 328 g/mol. The first-order valence-electron chi connectivity index (χ1n) is 8.25. The van der Waals surface area contributed by atoms with Gasteiger partial charge >= 0.3 is 0 Å². The van der Waals surface area contributed by atoms with Crippen LogP contribution in [-0.2, 0) is 11.2 Å². The summed E-state index contributed by atoms with van der Waals surface area (Å²) in [6, 6.07) is 5.68. The number of halogens is 1. The van der Waals surface area contributed by atoms with Crippen LogP contribution < -0.4 is 10.2 Å². The zero-order valence-corrected chi connectivity index (χ0v) is 14.5. The van der Waals surface area contributed by atoms with E-state index in [1.807, 2.05) is 12.1 Å². The Hall–Kier alpha value is -2.08. The Kier molecular flexibility index (Phi) is 5.35. The molecule has 0 saturated carbocycles. The molecule has 0 bridgehead atoms. The molecule has 2 heterocycles. The van der Waals surface area contributed by atoms with E-state index in [1.165, 1.54) is 19.3 Å². The van der Waals surface area contributed by atoms with Gasteiger partial charge in [0.05, 0.1) is 10.7 Å². The van der Waals surface area contributed by atoms with Gasteiger partial charge < -0.3 is 14.7 Å². The maximum atomic E-state index is 12.0. The number of rotatable bonds is 5. The Bertz CT molecular complexity index is 710. The number of aromatic nitrogens is 2. The van der Waals surface area contributed by atoms with Crippen molar-refractivity contribution in [2.45, 2.75) is 39.0 Å². The number of hydrogen-bond acceptors (Lipinski definition) is 5. The molecule has 0 radical (unpaired) electrons. The van der Waals surface area contributed by atoms with E-state index >= 15 is 0 Å². The van der Waals surface area contributed by atoms with Crippen LogP contribution in [0.3, 0.4) is 0 Å². The monoisotopic (exact) mass is 348 g/mol. The number of nitrogens with zero attached hydrogens (tertiary/aromatic N) is 3. The van der Waals surface area contributed by atoms with E-state index in [4.69, 9.17) is 16.1 Å². The summed E-state index contributed by atoms with van der Waals surface area (Å²) in [6.07, 6.45) is 4.38. The Balaban J connectivity index is 1.56. The highest BCUT2D eigenvalue weighted by atomic mass is 35.5. The maximum Gasteiger partial charge on any atom is 0.227 e. The molecular formula is C17H21ClN4O2. The average Bonchev–Trinajstić information content (AvgIpc) is 2.99. The minimum Gasteiger partial charge on any atom is -0.370 e. The van der Waals surface area contributed by atoms with Gasteiger partial charge in [0, 0.05) is 31.6 Å². The number of nitrogens with one attached hydrogen (secondary N) is 1. The van der Waals surface area contributed by atoms with E-state index in [-0.39, 0.29) is 12.3 Å². The van der Waals surface area contributed by atoms with E-state index in [0.717, 1.165) is 18.8 Å². The zero-order chi connectivity index (χ0) is 16.9. The normalized spacial score (nSPS) is 14.7. The van der Waals surface area contributed by atoms with Crippen molar-refractivity contribution in [1.29, 1.82) is 0 Å². The van der Waals surface area contributed by atoms with Crippen molar-refractivity contribution in [3.8, 4) is 0 Å². The van der Waals surface area contributed by atoms with Crippen molar-refractivity contribution in [3.05, 3.63) is 34.9 Å². The van der Waals surface area contributed by atoms with Crippen LogP contribution in [-0.4, -0.2) is 29.1 Å². The minimum atomic E-state index is -0.104. The van der Waals surface area contributed by atoms with Gasteiger partial charge in [0.25, 0.3) is 0 Å². The number of hydrogen-bond donors (Lipinski definition) is 1. The molecule has 24 heavy (non-hydrogen) atoms. The zero-order valence-electron chi connectivity index (χ0n) is 13.7. The van der Waals surface area contributed by atoms with Crippen LogP contribution in [0.5, 0.6) is 0 Å². The number of amides is 1. The van der Waals surface area contributed by atoms with Gasteiger partial charge in [0.15, 0.2) is 5.82 Å². The van der Waals surface area contributed by atoms with Crippen molar-refractivity contribution in [1.82, 2.24) is 10.1 Å². The number of carbonyl (C=O) groups is 1. The molecule has 1 aliphatic heterocycles. The summed E-state index contributed by atoms with van der Waals surface area (Å²) in [6.45, 7) is 3.82. The first kappa shape index (κ1) is 16.8. The van der Waals surface area contributed by atoms with Gasteiger partial charge in [0.2, 0.25) is 11.8 Å². The second kappa shape index (κ2) is 7.66. The molecule has 128 valence electrons. The van der Waals surface area contributed by atoms with Crippen LogP contribution in [0.2, 0.25) is 5.02 Å². The van der Waals surface area contributed by atoms with Gasteiger partial charge in [-0.2, -0.15) is 4.98 Å². The quantitative estimate of drug-likeness (QED) is 0.894. The summed E-state index contributed by atoms with van der Waals surface area (Å²) >= 11 is 6.40. The number of carbonyl (C=O) groups excluding carboxylic acids is 1. The van der Waals surface area contributed by atoms with Crippen molar-refractivity contribution < 1.29 is 9.32 Å². The Morgan fingerprint density at radius 1 is 1.33 bits per heavy atom. The van der Waals surface area contributed by atoms with Gasteiger partial charge in [-0.3, -0.25) is 4.79 Å². The summed E-state index contributed by atoms with van der Waals surface area (Å²) in [4.78, 5) is 18.4. The summed E-state index contributed by atoms with van der Waals surface area (Å²) in [5.41, 5.74) is 1.74. The van der Waals surface area contributed by atoms with Gasteiger partial charge in [0.1, 0.15) is 0 Å². The van der Waals surface area contributed by atoms with Gasteiger partial charge in [-0.1, -0.05) is 16.8 Å². The average molecular weight is 349 g/mol. The molecule has 1 saturated heterocycles. The second-order valence-corrected chi connectivity index (χ2v) is 6.40. The van der Waals surface area contributed by atoms with Crippen molar-refractivity contribution in [2.24, 2.45) is 0 Å². The van der Waals surface area contributed by atoms with Gasteiger partial charge in [-0.05, 0) is 44.4 Å². The fraction of sp³-hybridized carbons (Fsp3) is 0.471. The highest BCUT2D eigenvalue weighted by molar-refractivity contribution is 6.33. The topological polar surface area (TPSA) is 71.3 Å². The molecule has 1 aromatic carbocycles. The summed E-state index contributed by atoms with van der Waals surface area (Å²) in [5, 5.41) is 7.23. The predicted molar refractivity (Wildman–Crippen MR) is 93.5 cm³/mol. The molecule has 3 rings (SSSR count). The van der Waals surface area contributed by atoms with Crippen LogP contribution in [0.4, 0.5) is 11.4 Å². The van der Waals surface area contributed by atoms with Gasteiger partial charge in [-0.25, -0.2) is 0 Å². The number of aryl methyl sites for hydroxylation is 2. The predicted octanol–water partition coefficient (Wildman–Crippen LogP) is 3.59. The first-order chi connectivity index (χ1) is 11.6. The fourth-order valence-electron chi connectivity index (χ4n) is 2.86. The van der Waals surface area contributed by atoms with E-state index in [2.05, 4.69) is 20.4 Å². The van der Waals surface area contributed by atoms with E-state index < -0.39 is 0 Å². The van der Waals surface area contributed by atoms with Crippen molar-refractivity contribution in [2.75, 3.05) is 23.3 Å². The standard InChI is InChI=1S/C17H21ClN4O2/c1-12-19-17(24-21-12)8-7-16(23)20-13-5-6-15(14(18)11-13)22-9-3-2-4-10-22/h5-6,11H,2-4,7-10H2,1H3,(H,20,23). The molecule has 1 aliphatic rings. The molecule has 0 atom stereocenters. The number of anilines is 2. The van der Waals surface area contributed by atoms with Crippen LogP contribution in [0.1, 0.15) is 37.4 Å². The molecule has 6 nitrogen and oxygen atoms in total. The molecule has 0 aliphatic carbocycles. The smallest absolute Gasteiger partial charge is 0.227 e. The lowest BCUT2D eigenvalue weighted by molar-refractivity contribution is -0.116. The van der Waals surface area contributed by atoms with Crippen LogP contribution in [0.15, 0.2) is 22.7 Å². The third-order valence-electron chi connectivity index (χ3n) is 4.06. The van der Waals surface area contributed by atoms with E-state index in [9.17, 15) is 4.79 Å². The largest absolute Gasteiger partial charge is 0.370 e. The second-order valence-electron chi connectivity index (χ2n) is 6.00. The SMILES string of the molecule is Cc1noc(CCC(=O)Nc2ccc(N3CCCCC3)c(Cl)c2)n1. The molecule has 0 unspecified atom stereocenters. The van der Waals surface area contributed by atoms with Crippen molar-refractivity contribution >= 4 is 28.9 Å². The van der Waals surface area contributed by atoms with Crippen LogP contribution in [0, 0.1) is 6.92 Å². The Labute approximate surface area is 146 Å². The molecule has 1 fully saturated rings. The molecule has 1 aromatic heterocycles. The van der Waals surface area contributed by atoms with Crippen LogP contribution in [0.25, 0.3) is 0 Å². The fourth-order valence-corrected chi connectivity index (χ4v) is 3.16.